The average molecular weight is 332 g/mol. The third-order valence-electron chi connectivity index (χ3n) is 2.62. The third-order valence-corrected chi connectivity index (χ3v) is 7.84. The summed E-state index contributed by atoms with van der Waals surface area (Å²) in [5.41, 5.74) is 0.595. The Morgan fingerprint density at radius 2 is 1.65 bits per heavy atom. The summed E-state index contributed by atoms with van der Waals surface area (Å²) in [5, 5.41) is 0. The van der Waals surface area contributed by atoms with Crippen molar-refractivity contribution >= 4 is 46.7 Å². The monoisotopic (exact) mass is 330 g/mol. The van der Waals surface area contributed by atoms with Gasteiger partial charge in [-0.3, -0.25) is 0 Å². The van der Waals surface area contributed by atoms with Gasteiger partial charge < -0.3 is 4.43 Å². The van der Waals surface area contributed by atoms with Gasteiger partial charge >= 0.3 is 0 Å². The van der Waals surface area contributed by atoms with E-state index in [1.165, 1.54) is 25.7 Å². The Labute approximate surface area is 121 Å². The first-order valence-electron chi connectivity index (χ1n) is 6.69. The number of hydrogen-bond acceptors (Lipinski definition) is 1. The minimum absolute atomic E-state index is 0.0444. The molecule has 0 spiro atoms. The molecule has 0 aliphatic heterocycles. The molecule has 0 aromatic heterocycles. The molecule has 0 aliphatic rings. The summed E-state index contributed by atoms with van der Waals surface area (Å²) in [6.07, 6.45) is 4.95. The summed E-state index contributed by atoms with van der Waals surface area (Å²) in [6.45, 7) is 9.35. The average Bonchev–Trinajstić information content (AvgIpc) is 2.11. The van der Waals surface area contributed by atoms with Crippen LogP contribution in [-0.4, -0.2) is 30.3 Å². The number of hydrogen-bond donors (Lipinski definition) is 0. The zero-order chi connectivity index (χ0) is 13.5. The van der Waals surface area contributed by atoms with E-state index in [0.29, 0.717) is 5.73 Å². The Balaban J connectivity index is 3.64. The van der Waals surface area contributed by atoms with Gasteiger partial charge in [-0.1, -0.05) is 25.8 Å². The fraction of sp³-hybridized carbons (Fsp3) is 1.00. The lowest BCUT2D eigenvalue weighted by Crippen LogP contribution is -2.34. The van der Waals surface area contributed by atoms with Gasteiger partial charge in [-0.15, -0.1) is 22.2 Å². The maximum atomic E-state index is 6.19. The first kappa shape index (κ1) is 18.2. The minimum Gasteiger partial charge on any atom is -0.418 e. The lowest BCUT2D eigenvalue weighted by Gasteiger charge is -2.25. The molecule has 0 aliphatic carbocycles. The van der Waals surface area contributed by atoms with E-state index in [0.717, 1.165) is 6.04 Å². The smallest absolute Gasteiger partial charge is 0.248 e. The van der Waals surface area contributed by atoms with Gasteiger partial charge in [-0.05, 0) is 38.7 Å². The van der Waals surface area contributed by atoms with Crippen LogP contribution in [0.3, 0.4) is 0 Å². The van der Waals surface area contributed by atoms with Gasteiger partial charge in [0.2, 0.25) is 6.69 Å². The van der Waals surface area contributed by atoms with E-state index >= 15 is 0 Å². The summed E-state index contributed by atoms with van der Waals surface area (Å²) in [4.78, 5) is 0. The van der Waals surface area contributed by atoms with Crippen molar-refractivity contribution in [1.82, 2.24) is 0 Å². The van der Waals surface area contributed by atoms with Gasteiger partial charge in [0.25, 0.3) is 0 Å². The number of rotatable bonds is 9. The second-order valence-electron chi connectivity index (χ2n) is 5.93. The molecule has 104 valence electrons. The predicted octanol–water partition coefficient (Wildman–Crippen LogP) is 4.49. The van der Waals surface area contributed by atoms with Crippen LogP contribution >= 0.6 is 22.2 Å². The Kier molecular flexibility index (Phi) is 8.97. The molecule has 0 amide bonds. The Hall–Kier alpha value is 1.19. The van der Waals surface area contributed by atoms with Crippen LogP contribution in [0.4, 0.5) is 0 Å². The lowest BCUT2D eigenvalue weighted by molar-refractivity contribution is 0.254. The summed E-state index contributed by atoms with van der Waals surface area (Å²) in [5.74, 6) is 0. The molecule has 1 atom stereocenters. The van der Waals surface area contributed by atoms with Crippen molar-refractivity contribution in [1.29, 1.82) is 0 Å². The SMILES string of the molecule is C[SiH2]C(CCCCC[Si](C)(Cl)Cl)O[Si](C)(C)C. The number of halogens is 2. The van der Waals surface area contributed by atoms with E-state index in [-0.39, 0.29) is 9.52 Å². The Bertz CT molecular complexity index is 202. The highest BCUT2D eigenvalue weighted by atomic mass is 35.7. The molecule has 0 bridgehead atoms. The standard InChI is InChI=1S/C11H28Cl2OSi3/c1-15-11(14-16(2,3)4)9-7-6-8-10-17(5,12)13/h11H,6-10,15H2,1-5H3. The molecule has 0 fully saturated rings. The van der Waals surface area contributed by atoms with Crippen molar-refractivity contribution in [3.63, 3.8) is 0 Å². The van der Waals surface area contributed by atoms with E-state index in [9.17, 15) is 0 Å². The van der Waals surface area contributed by atoms with Gasteiger partial charge in [0, 0.05) is 5.73 Å². The highest BCUT2D eigenvalue weighted by molar-refractivity contribution is 7.44. The van der Waals surface area contributed by atoms with Gasteiger partial charge in [0.15, 0.2) is 8.32 Å². The summed E-state index contributed by atoms with van der Waals surface area (Å²) >= 11 is 12.2. The van der Waals surface area contributed by atoms with Crippen molar-refractivity contribution in [2.24, 2.45) is 0 Å². The molecular formula is C11H28Cl2OSi3. The van der Waals surface area contributed by atoms with Crippen molar-refractivity contribution in [2.45, 2.75) is 70.2 Å². The fourth-order valence-corrected chi connectivity index (χ4v) is 7.48. The molecule has 0 radical (unpaired) electrons. The molecule has 0 heterocycles. The normalized spacial score (nSPS) is 15.7. The highest BCUT2D eigenvalue weighted by Gasteiger charge is 2.21. The lowest BCUT2D eigenvalue weighted by atomic mass is 10.2. The topological polar surface area (TPSA) is 9.23 Å². The Morgan fingerprint density at radius 3 is 2.06 bits per heavy atom. The quantitative estimate of drug-likeness (QED) is 0.344. The van der Waals surface area contributed by atoms with Crippen LogP contribution in [0.15, 0.2) is 0 Å². The van der Waals surface area contributed by atoms with Crippen LogP contribution in [0.1, 0.15) is 25.7 Å². The van der Waals surface area contributed by atoms with Crippen LogP contribution in [0.2, 0.25) is 38.8 Å². The molecule has 17 heavy (non-hydrogen) atoms. The van der Waals surface area contributed by atoms with E-state index in [4.69, 9.17) is 26.6 Å². The molecule has 6 heteroatoms. The summed E-state index contributed by atoms with van der Waals surface area (Å²) < 4.78 is 6.19. The molecule has 0 rings (SSSR count). The van der Waals surface area contributed by atoms with Gasteiger partial charge in [-0.2, -0.15) is 0 Å². The van der Waals surface area contributed by atoms with Gasteiger partial charge in [0.1, 0.15) is 0 Å². The first-order valence-corrected chi connectivity index (χ1v) is 17.1. The predicted molar refractivity (Wildman–Crippen MR) is 89.2 cm³/mol. The second kappa shape index (κ2) is 8.38. The largest absolute Gasteiger partial charge is 0.418 e. The van der Waals surface area contributed by atoms with E-state index in [2.05, 4.69) is 26.2 Å². The van der Waals surface area contributed by atoms with Crippen LogP contribution in [0, 0.1) is 0 Å². The van der Waals surface area contributed by atoms with Gasteiger partial charge in [0.05, 0.1) is 9.52 Å². The van der Waals surface area contributed by atoms with Crippen molar-refractivity contribution in [3.05, 3.63) is 0 Å². The molecule has 0 saturated carbocycles. The van der Waals surface area contributed by atoms with Crippen LogP contribution in [0.25, 0.3) is 0 Å². The highest BCUT2D eigenvalue weighted by Crippen LogP contribution is 2.23. The van der Waals surface area contributed by atoms with Gasteiger partial charge in [-0.25, -0.2) is 0 Å². The zero-order valence-electron chi connectivity index (χ0n) is 12.0. The molecule has 1 nitrogen and oxygen atoms in total. The van der Waals surface area contributed by atoms with E-state index < -0.39 is 15.0 Å². The molecule has 1 unspecified atom stereocenters. The molecule has 0 aromatic carbocycles. The fourth-order valence-electron chi connectivity index (χ4n) is 1.83. The third kappa shape index (κ3) is 13.4. The number of unbranched alkanes of at least 4 members (excludes halogenated alkanes) is 2. The maximum absolute atomic E-state index is 6.19. The molecule has 0 N–H and O–H groups in total. The van der Waals surface area contributed by atoms with Crippen molar-refractivity contribution in [3.8, 4) is 0 Å². The second-order valence-corrected chi connectivity index (χ2v) is 20.3. The minimum atomic E-state index is -1.85. The zero-order valence-corrected chi connectivity index (χ0v) is 16.9. The summed E-state index contributed by atoms with van der Waals surface area (Å²) in [6, 6.07) is 1.03. The maximum Gasteiger partial charge on any atom is 0.248 e. The van der Waals surface area contributed by atoms with Crippen LogP contribution in [-0.2, 0) is 4.43 Å². The van der Waals surface area contributed by atoms with Crippen LogP contribution < -0.4 is 0 Å². The van der Waals surface area contributed by atoms with Crippen molar-refractivity contribution in [2.75, 3.05) is 0 Å². The molecular weight excluding hydrogens is 303 g/mol. The molecule has 0 aromatic rings. The van der Waals surface area contributed by atoms with Crippen molar-refractivity contribution < 1.29 is 4.43 Å². The van der Waals surface area contributed by atoms with E-state index in [1.807, 2.05) is 6.55 Å². The van der Waals surface area contributed by atoms with Crippen LogP contribution in [0.5, 0.6) is 0 Å². The molecule has 0 saturated heterocycles. The summed E-state index contributed by atoms with van der Waals surface area (Å²) in [7, 11) is -1.38. The van der Waals surface area contributed by atoms with E-state index in [1.54, 1.807) is 0 Å². The first-order chi connectivity index (χ1) is 7.64. The Morgan fingerprint density at radius 1 is 1.06 bits per heavy atom.